The Balaban J connectivity index is 1.88. The summed E-state index contributed by atoms with van der Waals surface area (Å²) in [5.74, 6) is 0.244. The minimum Gasteiger partial charge on any atom is -0.484 e. The molecule has 1 rings (SSSR count). The molecule has 0 bridgehead atoms. The Morgan fingerprint density at radius 2 is 1.31 bits per heavy atom. The molecular formula is C18H29NO7. The van der Waals surface area contributed by atoms with Crippen LogP contribution in [0.15, 0.2) is 24.3 Å². The molecule has 0 N–H and O–H groups in total. The van der Waals surface area contributed by atoms with Gasteiger partial charge in [-0.05, 0) is 12.5 Å². The Morgan fingerprint density at radius 1 is 0.808 bits per heavy atom. The lowest BCUT2D eigenvalue weighted by Gasteiger charge is -2.08. The van der Waals surface area contributed by atoms with E-state index in [0.717, 1.165) is 19.4 Å². The number of para-hydroxylation sites is 2. The van der Waals surface area contributed by atoms with Crippen molar-refractivity contribution in [3.63, 3.8) is 0 Å². The Hall–Kier alpha value is -1.74. The number of unbranched alkanes of at least 4 members (excludes halogenated alkanes) is 1. The summed E-state index contributed by atoms with van der Waals surface area (Å²) in [6, 6.07) is 6.26. The Kier molecular flexibility index (Phi) is 13.3. The van der Waals surface area contributed by atoms with Crippen molar-refractivity contribution in [1.82, 2.24) is 0 Å². The van der Waals surface area contributed by atoms with Gasteiger partial charge in [-0.2, -0.15) is 0 Å². The first-order valence-electron chi connectivity index (χ1n) is 8.93. The largest absolute Gasteiger partial charge is 0.484 e. The van der Waals surface area contributed by atoms with Crippen molar-refractivity contribution in [3.8, 4) is 5.75 Å². The highest BCUT2D eigenvalue weighted by Crippen LogP contribution is 2.25. The average Bonchev–Trinajstić information content (AvgIpc) is 2.65. The van der Waals surface area contributed by atoms with E-state index in [2.05, 4.69) is 6.92 Å². The molecule has 1 aromatic carbocycles. The van der Waals surface area contributed by atoms with Crippen molar-refractivity contribution in [1.29, 1.82) is 0 Å². The molecule has 0 aliphatic carbocycles. The van der Waals surface area contributed by atoms with Crippen molar-refractivity contribution >= 4 is 5.69 Å². The zero-order valence-corrected chi connectivity index (χ0v) is 15.4. The van der Waals surface area contributed by atoms with Crippen LogP contribution >= 0.6 is 0 Å². The molecule has 0 fully saturated rings. The zero-order chi connectivity index (χ0) is 18.9. The highest BCUT2D eigenvalue weighted by atomic mass is 16.6. The lowest BCUT2D eigenvalue weighted by atomic mass is 10.3. The molecule has 1 aromatic rings. The molecule has 148 valence electrons. The molecule has 0 amide bonds. The Labute approximate surface area is 154 Å². The molecule has 0 saturated heterocycles. The van der Waals surface area contributed by atoms with Gasteiger partial charge in [0.1, 0.15) is 6.61 Å². The van der Waals surface area contributed by atoms with E-state index in [1.54, 1.807) is 18.2 Å². The molecule has 0 heterocycles. The molecular weight excluding hydrogens is 342 g/mol. The number of rotatable bonds is 17. The van der Waals surface area contributed by atoms with Crippen molar-refractivity contribution < 1.29 is 28.6 Å². The first kappa shape index (κ1) is 22.3. The van der Waals surface area contributed by atoms with Gasteiger partial charge in [-0.3, -0.25) is 10.1 Å². The van der Waals surface area contributed by atoms with Crippen molar-refractivity contribution in [2.45, 2.75) is 19.8 Å². The third-order valence-electron chi connectivity index (χ3n) is 3.31. The van der Waals surface area contributed by atoms with E-state index < -0.39 is 4.92 Å². The second-order valence-corrected chi connectivity index (χ2v) is 5.38. The van der Waals surface area contributed by atoms with Crippen LogP contribution in [0.5, 0.6) is 5.75 Å². The van der Waals surface area contributed by atoms with Gasteiger partial charge >= 0.3 is 5.69 Å². The highest BCUT2D eigenvalue weighted by molar-refractivity contribution is 5.45. The number of hydrogen-bond acceptors (Lipinski definition) is 7. The number of ether oxygens (including phenoxy) is 5. The Morgan fingerprint density at radius 3 is 1.85 bits per heavy atom. The third kappa shape index (κ3) is 11.0. The smallest absolute Gasteiger partial charge is 0.310 e. The first-order valence-corrected chi connectivity index (χ1v) is 8.93. The van der Waals surface area contributed by atoms with Crippen LogP contribution in [0, 0.1) is 10.1 Å². The molecule has 26 heavy (non-hydrogen) atoms. The maximum absolute atomic E-state index is 10.8. The number of hydrogen-bond donors (Lipinski definition) is 0. The predicted molar refractivity (Wildman–Crippen MR) is 96.8 cm³/mol. The van der Waals surface area contributed by atoms with Crippen LogP contribution in [-0.4, -0.2) is 64.4 Å². The maximum Gasteiger partial charge on any atom is 0.310 e. The fourth-order valence-electron chi connectivity index (χ4n) is 1.95. The maximum atomic E-state index is 10.8. The number of benzene rings is 1. The molecule has 0 atom stereocenters. The van der Waals surface area contributed by atoms with E-state index in [1.807, 2.05) is 0 Å². The summed E-state index contributed by atoms with van der Waals surface area (Å²) < 4.78 is 26.8. The van der Waals surface area contributed by atoms with Gasteiger partial charge in [-0.1, -0.05) is 25.5 Å². The van der Waals surface area contributed by atoms with Gasteiger partial charge < -0.3 is 23.7 Å². The second kappa shape index (κ2) is 15.5. The monoisotopic (exact) mass is 371 g/mol. The van der Waals surface area contributed by atoms with E-state index in [1.165, 1.54) is 6.07 Å². The minimum atomic E-state index is -0.469. The molecule has 0 aromatic heterocycles. The van der Waals surface area contributed by atoms with Gasteiger partial charge in [0.05, 0.1) is 51.2 Å². The van der Waals surface area contributed by atoms with E-state index in [0.29, 0.717) is 46.2 Å². The van der Waals surface area contributed by atoms with Gasteiger partial charge in [0.2, 0.25) is 0 Å². The predicted octanol–water partition coefficient (Wildman–Crippen LogP) is 2.84. The summed E-state index contributed by atoms with van der Waals surface area (Å²) in [6.45, 7) is 6.60. The number of nitro benzene ring substituents is 1. The van der Waals surface area contributed by atoms with Crippen LogP contribution in [-0.2, 0) is 18.9 Å². The van der Waals surface area contributed by atoms with Crippen LogP contribution in [0.3, 0.4) is 0 Å². The number of nitrogens with zero attached hydrogens (tertiary/aromatic N) is 1. The van der Waals surface area contributed by atoms with E-state index in [9.17, 15) is 10.1 Å². The zero-order valence-electron chi connectivity index (χ0n) is 15.4. The van der Waals surface area contributed by atoms with Gasteiger partial charge in [0, 0.05) is 12.7 Å². The van der Waals surface area contributed by atoms with Crippen molar-refractivity contribution in [2.75, 3.05) is 59.5 Å². The lowest BCUT2D eigenvalue weighted by Crippen LogP contribution is -2.14. The van der Waals surface area contributed by atoms with Gasteiger partial charge in [-0.15, -0.1) is 0 Å². The minimum absolute atomic E-state index is 0.0494. The lowest BCUT2D eigenvalue weighted by molar-refractivity contribution is -0.385. The molecule has 0 spiro atoms. The van der Waals surface area contributed by atoms with E-state index >= 15 is 0 Å². The summed E-state index contributed by atoms with van der Waals surface area (Å²) in [5.41, 5.74) is -0.0494. The van der Waals surface area contributed by atoms with Gasteiger partial charge in [0.15, 0.2) is 5.75 Å². The van der Waals surface area contributed by atoms with Gasteiger partial charge in [-0.25, -0.2) is 0 Å². The van der Waals surface area contributed by atoms with Crippen molar-refractivity contribution in [3.05, 3.63) is 34.4 Å². The standard InChI is InChI=1S/C18H29NO7/c1-2-3-8-22-9-10-23-11-12-24-13-14-25-15-16-26-18-7-5-4-6-17(18)19(20)21/h4-7H,2-3,8-16H2,1H3. The molecule has 0 aliphatic heterocycles. The van der Waals surface area contributed by atoms with Gasteiger partial charge in [0.25, 0.3) is 0 Å². The summed E-state index contributed by atoms with van der Waals surface area (Å²) in [7, 11) is 0. The average molecular weight is 371 g/mol. The molecule has 0 saturated carbocycles. The SMILES string of the molecule is CCCCOCCOCCOCCOCCOc1ccccc1[N+](=O)[O-]. The Bertz CT molecular complexity index is 484. The van der Waals surface area contributed by atoms with E-state index in [-0.39, 0.29) is 18.0 Å². The first-order chi connectivity index (χ1) is 12.8. The van der Waals surface area contributed by atoms with Crippen molar-refractivity contribution in [2.24, 2.45) is 0 Å². The highest BCUT2D eigenvalue weighted by Gasteiger charge is 2.12. The van der Waals surface area contributed by atoms with Crippen LogP contribution < -0.4 is 4.74 Å². The second-order valence-electron chi connectivity index (χ2n) is 5.38. The van der Waals surface area contributed by atoms with E-state index in [4.69, 9.17) is 23.7 Å². The van der Waals surface area contributed by atoms with Crippen LogP contribution in [0.4, 0.5) is 5.69 Å². The summed E-state index contributed by atoms with van der Waals surface area (Å²) in [5, 5.41) is 10.8. The quantitative estimate of drug-likeness (QED) is 0.236. The normalized spacial score (nSPS) is 10.8. The summed E-state index contributed by atoms with van der Waals surface area (Å²) in [4.78, 5) is 10.4. The molecule has 8 nitrogen and oxygen atoms in total. The molecule has 0 aliphatic rings. The molecule has 0 radical (unpaired) electrons. The summed E-state index contributed by atoms with van der Waals surface area (Å²) >= 11 is 0. The third-order valence-corrected chi connectivity index (χ3v) is 3.31. The summed E-state index contributed by atoms with van der Waals surface area (Å²) in [6.07, 6.45) is 2.21. The van der Waals surface area contributed by atoms with Crippen LogP contribution in [0.2, 0.25) is 0 Å². The van der Waals surface area contributed by atoms with Crippen LogP contribution in [0.25, 0.3) is 0 Å². The topological polar surface area (TPSA) is 89.3 Å². The number of nitro groups is 1. The molecule has 0 unspecified atom stereocenters. The fraction of sp³-hybridized carbons (Fsp3) is 0.667. The molecule has 8 heteroatoms. The van der Waals surface area contributed by atoms with Crippen LogP contribution in [0.1, 0.15) is 19.8 Å². The fourth-order valence-corrected chi connectivity index (χ4v) is 1.95.